The molecule has 1 aliphatic rings. The lowest BCUT2D eigenvalue weighted by molar-refractivity contribution is -0.118. The minimum absolute atomic E-state index is 0.195. The summed E-state index contributed by atoms with van der Waals surface area (Å²) in [7, 11) is 0. The molecular weight excluding hydrogens is 256 g/mol. The molecule has 0 radical (unpaired) electrons. The molecule has 1 heterocycles. The van der Waals surface area contributed by atoms with Crippen LogP contribution in [0.1, 0.15) is 60.4 Å². The molecule has 3 nitrogen and oxygen atoms in total. The van der Waals surface area contributed by atoms with Gasteiger partial charge in [-0.15, -0.1) is 11.3 Å². The molecule has 1 amide bonds. The summed E-state index contributed by atoms with van der Waals surface area (Å²) < 4.78 is 0. The lowest BCUT2D eigenvalue weighted by Crippen LogP contribution is -2.19. The number of primary amides is 1. The van der Waals surface area contributed by atoms with E-state index in [0.29, 0.717) is 12.5 Å². The number of fused-ring (bicyclic) bond motifs is 1. The van der Waals surface area contributed by atoms with E-state index in [0.717, 1.165) is 19.4 Å². The first kappa shape index (κ1) is 14.5. The van der Waals surface area contributed by atoms with Gasteiger partial charge >= 0.3 is 0 Å². The van der Waals surface area contributed by atoms with Gasteiger partial charge in [0.25, 0.3) is 0 Å². The van der Waals surface area contributed by atoms with Crippen molar-refractivity contribution < 1.29 is 4.79 Å². The molecule has 3 N–H and O–H groups in total. The van der Waals surface area contributed by atoms with E-state index in [1.165, 1.54) is 30.6 Å². The monoisotopic (exact) mass is 280 g/mol. The normalized spacial score (nSPS) is 16.1. The number of thiophene rings is 1. The van der Waals surface area contributed by atoms with Gasteiger partial charge in [-0.05, 0) is 63.6 Å². The second-order valence-electron chi connectivity index (χ2n) is 5.40. The molecule has 0 spiro atoms. The molecule has 1 aromatic rings. The Morgan fingerprint density at radius 1 is 1.42 bits per heavy atom. The summed E-state index contributed by atoms with van der Waals surface area (Å²) in [5, 5.41) is 3.54. The van der Waals surface area contributed by atoms with Crippen LogP contribution in [0.15, 0.2) is 6.07 Å². The SMILES string of the molecule is CC(NCCCCC(N)=O)c1cc2c(s1)CCCC2. The van der Waals surface area contributed by atoms with Crippen LogP contribution in [0.2, 0.25) is 0 Å². The van der Waals surface area contributed by atoms with Crippen LogP contribution in [0.3, 0.4) is 0 Å². The predicted octanol–water partition coefficient (Wildman–Crippen LogP) is 2.93. The Kier molecular flexibility index (Phi) is 5.40. The van der Waals surface area contributed by atoms with Gasteiger partial charge < -0.3 is 11.1 Å². The highest BCUT2D eigenvalue weighted by atomic mass is 32.1. The van der Waals surface area contributed by atoms with E-state index in [1.54, 1.807) is 10.4 Å². The van der Waals surface area contributed by atoms with Gasteiger partial charge in [0.15, 0.2) is 0 Å². The van der Waals surface area contributed by atoms with Gasteiger partial charge in [-0.1, -0.05) is 0 Å². The van der Waals surface area contributed by atoms with Crippen LogP contribution >= 0.6 is 11.3 Å². The zero-order valence-electron chi connectivity index (χ0n) is 11.7. The molecule has 4 heteroatoms. The Balaban J connectivity index is 1.75. The molecule has 1 aromatic heterocycles. The Morgan fingerprint density at radius 2 is 2.21 bits per heavy atom. The number of nitrogens with one attached hydrogen (secondary N) is 1. The summed E-state index contributed by atoms with van der Waals surface area (Å²) >= 11 is 1.98. The molecule has 1 unspecified atom stereocenters. The highest BCUT2D eigenvalue weighted by Crippen LogP contribution is 2.32. The lowest BCUT2D eigenvalue weighted by Gasteiger charge is -2.11. The Labute approximate surface area is 119 Å². The van der Waals surface area contributed by atoms with Gasteiger partial charge in [0, 0.05) is 22.2 Å². The summed E-state index contributed by atoms with van der Waals surface area (Å²) in [6.45, 7) is 3.18. The Hall–Kier alpha value is -0.870. The number of hydrogen-bond acceptors (Lipinski definition) is 3. The van der Waals surface area contributed by atoms with Gasteiger partial charge in [0.1, 0.15) is 0 Å². The number of carbonyl (C=O) groups excluding carboxylic acids is 1. The minimum atomic E-state index is -0.195. The number of unbranched alkanes of at least 4 members (excludes halogenated alkanes) is 1. The van der Waals surface area contributed by atoms with E-state index >= 15 is 0 Å². The fourth-order valence-corrected chi connectivity index (χ4v) is 3.85. The van der Waals surface area contributed by atoms with E-state index in [4.69, 9.17) is 5.73 Å². The van der Waals surface area contributed by atoms with E-state index in [9.17, 15) is 4.79 Å². The summed E-state index contributed by atoms with van der Waals surface area (Å²) in [6.07, 6.45) is 7.63. The van der Waals surface area contributed by atoms with Crippen LogP contribution < -0.4 is 11.1 Å². The summed E-state index contributed by atoms with van der Waals surface area (Å²) in [5.74, 6) is -0.195. The number of amides is 1. The third-order valence-electron chi connectivity index (χ3n) is 3.74. The molecule has 2 rings (SSSR count). The van der Waals surface area contributed by atoms with Crippen molar-refractivity contribution >= 4 is 17.2 Å². The Bertz CT molecular complexity index is 404. The van der Waals surface area contributed by atoms with E-state index < -0.39 is 0 Å². The number of rotatable bonds is 7. The molecule has 106 valence electrons. The summed E-state index contributed by atoms with van der Waals surface area (Å²) in [6, 6.07) is 2.81. The number of carbonyl (C=O) groups is 1. The highest BCUT2D eigenvalue weighted by molar-refractivity contribution is 7.12. The van der Waals surface area contributed by atoms with Crippen molar-refractivity contribution in [2.45, 2.75) is 57.9 Å². The van der Waals surface area contributed by atoms with Crippen molar-refractivity contribution in [2.75, 3.05) is 6.54 Å². The first-order chi connectivity index (χ1) is 9.16. The average Bonchev–Trinajstić information content (AvgIpc) is 2.81. The minimum Gasteiger partial charge on any atom is -0.370 e. The smallest absolute Gasteiger partial charge is 0.217 e. The molecule has 0 saturated heterocycles. The summed E-state index contributed by atoms with van der Waals surface area (Å²) in [5.41, 5.74) is 6.70. The fourth-order valence-electron chi connectivity index (χ4n) is 2.57. The zero-order chi connectivity index (χ0) is 13.7. The van der Waals surface area contributed by atoms with Crippen molar-refractivity contribution in [3.05, 3.63) is 21.4 Å². The van der Waals surface area contributed by atoms with Crippen LogP contribution in [0.4, 0.5) is 0 Å². The maximum Gasteiger partial charge on any atom is 0.217 e. The second kappa shape index (κ2) is 7.06. The van der Waals surface area contributed by atoms with Crippen molar-refractivity contribution in [1.29, 1.82) is 0 Å². The Morgan fingerprint density at radius 3 is 2.95 bits per heavy atom. The zero-order valence-corrected chi connectivity index (χ0v) is 12.5. The van der Waals surface area contributed by atoms with Gasteiger partial charge in [-0.2, -0.15) is 0 Å². The molecule has 19 heavy (non-hydrogen) atoms. The van der Waals surface area contributed by atoms with Crippen LogP contribution in [-0.4, -0.2) is 12.5 Å². The van der Waals surface area contributed by atoms with Crippen molar-refractivity contribution in [1.82, 2.24) is 5.32 Å². The van der Waals surface area contributed by atoms with Crippen LogP contribution in [0, 0.1) is 0 Å². The molecule has 0 bridgehead atoms. The molecule has 0 aliphatic heterocycles. The third kappa shape index (κ3) is 4.32. The lowest BCUT2D eigenvalue weighted by atomic mass is 9.99. The van der Waals surface area contributed by atoms with Gasteiger partial charge in [-0.25, -0.2) is 0 Å². The van der Waals surface area contributed by atoms with Crippen LogP contribution in [0.25, 0.3) is 0 Å². The second-order valence-corrected chi connectivity index (χ2v) is 6.57. The van der Waals surface area contributed by atoms with Crippen LogP contribution in [-0.2, 0) is 17.6 Å². The van der Waals surface area contributed by atoms with Gasteiger partial charge in [-0.3, -0.25) is 4.79 Å². The topological polar surface area (TPSA) is 55.1 Å². The molecule has 1 atom stereocenters. The first-order valence-corrected chi connectivity index (χ1v) is 8.11. The van der Waals surface area contributed by atoms with Gasteiger partial charge in [0.05, 0.1) is 0 Å². The average molecular weight is 280 g/mol. The molecular formula is C15H24N2OS. The quantitative estimate of drug-likeness (QED) is 0.755. The van der Waals surface area contributed by atoms with E-state index in [-0.39, 0.29) is 5.91 Å². The highest BCUT2D eigenvalue weighted by Gasteiger charge is 2.16. The summed E-state index contributed by atoms with van der Waals surface area (Å²) in [4.78, 5) is 13.7. The van der Waals surface area contributed by atoms with E-state index in [2.05, 4.69) is 18.3 Å². The maximum absolute atomic E-state index is 10.6. The molecule has 0 saturated carbocycles. The van der Waals surface area contributed by atoms with Crippen LogP contribution in [0.5, 0.6) is 0 Å². The fraction of sp³-hybridized carbons (Fsp3) is 0.667. The largest absolute Gasteiger partial charge is 0.370 e. The number of nitrogens with two attached hydrogens (primary N) is 1. The molecule has 1 aliphatic carbocycles. The van der Waals surface area contributed by atoms with Crippen molar-refractivity contribution in [3.63, 3.8) is 0 Å². The van der Waals surface area contributed by atoms with Crippen molar-refractivity contribution in [2.24, 2.45) is 5.73 Å². The third-order valence-corrected chi connectivity index (χ3v) is 5.16. The number of hydrogen-bond donors (Lipinski definition) is 2. The first-order valence-electron chi connectivity index (χ1n) is 7.30. The predicted molar refractivity (Wildman–Crippen MR) is 80.4 cm³/mol. The molecule has 0 aromatic carbocycles. The van der Waals surface area contributed by atoms with E-state index in [1.807, 2.05) is 11.3 Å². The standard InChI is InChI=1S/C15H24N2OS/c1-11(17-9-5-4-8-15(16)18)14-10-12-6-2-3-7-13(12)19-14/h10-11,17H,2-9H2,1H3,(H2,16,18). The maximum atomic E-state index is 10.6. The molecule has 0 fully saturated rings. The van der Waals surface area contributed by atoms with Crippen molar-refractivity contribution in [3.8, 4) is 0 Å². The van der Waals surface area contributed by atoms with Gasteiger partial charge in [0.2, 0.25) is 5.91 Å². The number of aryl methyl sites for hydroxylation is 2.